The van der Waals surface area contributed by atoms with E-state index in [1.165, 1.54) is 6.92 Å². The van der Waals surface area contributed by atoms with Gasteiger partial charge in [-0.25, -0.2) is 4.79 Å². The van der Waals surface area contributed by atoms with Crippen LogP contribution >= 0.6 is 0 Å². The van der Waals surface area contributed by atoms with E-state index in [-0.39, 0.29) is 12.5 Å². The monoisotopic (exact) mass is 260 g/mol. The summed E-state index contributed by atoms with van der Waals surface area (Å²) in [4.78, 5) is 22.8. The predicted molar refractivity (Wildman–Crippen MR) is 69.1 cm³/mol. The van der Waals surface area contributed by atoms with E-state index in [0.717, 1.165) is 5.56 Å². The molecule has 0 saturated heterocycles. The van der Waals surface area contributed by atoms with Crippen molar-refractivity contribution < 1.29 is 14.3 Å². The molecule has 1 rings (SSSR count). The van der Waals surface area contributed by atoms with Gasteiger partial charge in [0.1, 0.15) is 6.04 Å². The van der Waals surface area contributed by atoms with E-state index in [4.69, 9.17) is 10.00 Å². The molecule has 0 fully saturated rings. The molecule has 1 atom stereocenters. The molecular formula is C14H16N2O3. The van der Waals surface area contributed by atoms with Gasteiger partial charge in [-0.2, -0.15) is 5.26 Å². The second kappa shape index (κ2) is 7.17. The molecule has 0 aliphatic heterocycles. The highest BCUT2D eigenvalue weighted by atomic mass is 16.5. The van der Waals surface area contributed by atoms with Crippen molar-refractivity contribution in [2.75, 3.05) is 6.61 Å². The number of benzene rings is 1. The van der Waals surface area contributed by atoms with E-state index in [9.17, 15) is 9.59 Å². The number of nitrogens with zero attached hydrogens (tertiary/aromatic N) is 1. The average molecular weight is 260 g/mol. The maximum absolute atomic E-state index is 11.7. The molecule has 1 aromatic carbocycles. The summed E-state index contributed by atoms with van der Waals surface area (Å²) in [6.07, 6.45) is 0.300. The van der Waals surface area contributed by atoms with E-state index < -0.39 is 12.0 Å². The number of amides is 1. The number of nitrogens with one attached hydrogen (secondary N) is 1. The van der Waals surface area contributed by atoms with Gasteiger partial charge < -0.3 is 10.1 Å². The largest absolute Gasteiger partial charge is 0.464 e. The standard InChI is InChI=1S/C14H16N2O3/c1-3-19-14(18)13(16-10(2)17)8-11-5-4-6-12(7-11)9-15/h4-7,13H,3,8H2,1-2H3,(H,16,17). The Hall–Kier alpha value is -2.35. The van der Waals surface area contributed by atoms with Gasteiger partial charge in [-0.1, -0.05) is 12.1 Å². The first-order chi connectivity index (χ1) is 9.06. The summed E-state index contributed by atoms with van der Waals surface area (Å²) in [5.41, 5.74) is 1.31. The normalized spacial score (nSPS) is 11.2. The van der Waals surface area contributed by atoms with Crippen LogP contribution < -0.4 is 5.32 Å². The number of rotatable bonds is 5. The zero-order valence-corrected chi connectivity index (χ0v) is 11.0. The van der Waals surface area contributed by atoms with Crippen LogP contribution in [0, 0.1) is 11.3 Å². The quantitative estimate of drug-likeness (QED) is 0.806. The van der Waals surface area contributed by atoms with Crippen molar-refractivity contribution in [3.05, 3.63) is 35.4 Å². The fraction of sp³-hybridized carbons (Fsp3) is 0.357. The Balaban J connectivity index is 2.84. The topological polar surface area (TPSA) is 79.2 Å². The van der Waals surface area contributed by atoms with Gasteiger partial charge in [0.05, 0.1) is 18.2 Å². The molecule has 1 unspecified atom stereocenters. The van der Waals surface area contributed by atoms with Gasteiger partial charge in [0, 0.05) is 13.3 Å². The summed E-state index contributed by atoms with van der Waals surface area (Å²) in [6.45, 7) is 3.31. The third-order valence-electron chi connectivity index (χ3n) is 2.44. The van der Waals surface area contributed by atoms with Gasteiger partial charge in [0.15, 0.2) is 0 Å². The zero-order valence-electron chi connectivity index (χ0n) is 11.0. The minimum absolute atomic E-state index is 0.257. The lowest BCUT2D eigenvalue weighted by Gasteiger charge is -2.16. The second-order valence-electron chi connectivity index (χ2n) is 4.02. The number of esters is 1. The molecule has 0 aliphatic rings. The fourth-order valence-electron chi connectivity index (χ4n) is 1.69. The highest BCUT2D eigenvalue weighted by Gasteiger charge is 2.21. The molecular weight excluding hydrogens is 244 g/mol. The molecule has 5 nitrogen and oxygen atoms in total. The summed E-state index contributed by atoms with van der Waals surface area (Å²) in [5, 5.41) is 11.4. The summed E-state index contributed by atoms with van der Waals surface area (Å²) in [6, 6.07) is 8.21. The molecule has 0 aromatic heterocycles. The Labute approximate surface area is 112 Å². The van der Waals surface area contributed by atoms with Crippen molar-refractivity contribution in [3.8, 4) is 6.07 Å². The van der Waals surface area contributed by atoms with E-state index in [0.29, 0.717) is 12.0 Å². The third-order valence-corrected chi connectivity index (χ3v) is 2.44. The fourth-order valence-corrected chi connectivity index (χ4v) is 1.69. The Morgan fingerprint density at radius 1 is 1.47 bits per heavy atom. The van der Waals surface area contributed by atoms with Crippen molar-refractivity contribution in [3.63, 3.8) is 0 Å². The van der Waals surface area contributed by atoms with E-state index in [1.807, 2.05) is 6.07 Å². The first-order valence-electron chi connectivity index (χ1n) is 5.99. The molecule has 0 spiro atoms. The number of ether oxygens (including phenoxy) is 1. The summed E-state index contributed by atoms with van der Waals surface area (Å²) in [7, 11) is 0. The summed E-state index contributed by atoms with van der Waals surface area (Å²) in [5.74, 6) is -0.769. The SMILES string of the molecule is CCOC(=O)C(Cc1cccc(C#N)c1)NC(C)=O. The average Bonchev–Trinajstić information content (AvgIpc) is 2.38. The molecule has 1 N–H and O–H groups in total. The second-order valence-corrected chi connectivity index (χ2v) is 4.02. The number of carbonyl (C=O) groups excluding carboxylic acids is 2. The van der Waals surface area contributed by atoms with Crippen LogP contribution in [-0.4, -0.2) is 24.5 Å². The molecule has 0 aliphatic carbocycles. The molecule has 100 valence electrons. The molecule has 5 heteroatoms. The molecule has 1 aromatic rings. The van der Waals surface area contributed by atoms with Crippen LogP contribution in [0.5, 0.6) is 0 Å². The van der Waals surface area contributed by atoms with Crippen LogP contribution in [0.25, 0.3) is 0 Å². The molecule has 19 heavy (non-hydrogen) atoms. The Morgan fingerprint density at radius 2 is 2.21 bits per heavy atom. The van der Waals surface area contributed by atoms with Crippen molar-refractivity contribution in [2.45, 2.75) is 26.3 Å². The number of carbonyl (C=O) groups is 2. The van der Waals surface area contributed by atoms with Crippen LogP contribution in [-0.2, 0) is 20.7 Å². The maximum atomic E-state index is 11.7. The molecule has 1 amide bonds. The van der Waals surface area contributed by atoms with Crippen LogP contribution in [0.15, 0.2) is 24.3 Å². The Kier molecular flexibility index (Phi) is 5.55. The smallest absolute Gasteiger partial charge is 0.328 e. The lowest BCUT2D eigenvalue weighted by Crippen LogP contribution is -2.42. The molecule has 0 bridgehead atoms. The van der Waals surface area contributed by atoms with Gasteiger partial charge in [0.25, 0.3) is 0 Å². The lowest BCUT2D eigenvalue weighted by atomic mass is 10.0. The lowest BCUT2D eigenvalue weighted by molar-refractivity contribution is -0.147. The van der Waals surface area contributed by atoms with E-state index in [1.54, 1.807) is 31.2 Å². The zero-order chi connectivity index (χ0) is 14.3. The summed E-state index contributed by atoms with van der Waals surface area (Å²) < 4.78 is 4.92. The molecule has 0 radical (unpaired) electrons. The van der Waals surface area contributed by atoms with Crippen LogP contribution in [0.1, 0.15) is 25.0 Å². The predicted octanol–water partition coefficient (Wildman–Crippen LogP) is 1.17. The van der Waals surface area contributed by atoms with Crippen molar-refractivity contribution in [1.29, 1.82) is 5.26 Å². The van der Waals surface area contributed by atoms with Gasteiger partial charge in [0.2, 0.25) is 5.91 Å². The third kappa shape index (κ3) is 4.80. The highest BCUT2D eigenvalue weighted by Crippen LogP contribution is 2.08. The Morgan fingerprint density at radius 3 is 2.79 bits per heavy atom. The first-order valence-corrected chi connectivity index (χ1v) is 5.99. The van der Waals surface area contributed by atoms with Crippen molar-refractivity contribution >= 4 is 11.9 Å². The van der Waals surface area contributed by atoms with E-state index in [2.05, 4.69) is 5.32 Å². The number of hydrogen-bond acceptors (Lipinski definition) is 4. The van der Waals surface area contributed by atoms with Gasteiger partial charge in [-0.3, -0.25) is 4.79 Å². The first kappa shape index (κ1) is 14.7. The Bertz CT molecular complexity index is 506. The van der Waals surface area contributed by atoms with Crippen molar-refractivity contribution in [2.24, 2.45) is 0 Å². The minimum atomic E-state index is -0.730. The number of hydrogen-bond donors (Lipinski definition) is 1. The van der Waals surface area contributed by atoms with Crippen LogP contribution in [0.3, 0.4) is 0 Å². The molecule has 0 heterocycles. The summed E-state index contributed by atoms with van der Waals surface area (Å²) >= 11 is 0. The van der Waals surface area contributed by atoms with Crippen molar-refractivity contribution in [1.82, 2.24) is 5.32 Å². The number of nitriles is 1. The van der Waals surface area contributed by atoms with Gasteiger partial charge in [-0.15, -0.1) is 0 Å². The minimum Gasteiger partial charge on any atom is -0.464 e. The molecule has 0 saturated carbocycles. The van der Waals surface area contributed by atoms with E-state index >= 15 is 0 Å². The van der Waals surface area contributed by atoms with Crippen LogP contribution in [0.2, 0.25) is 0 Å². The highest BCUT2D eigenvalue weighted by molar-refractivity contribution is 5.83. The maximum Gasteiger partial charge on any atom is 0.328 e. The van der Waals surface area contributed by atoms with Gasteiger partial charge >= 0.3 is 5.97 Å². The van der Waals surface area contributed by atoms with Crippen LogP contribution in [0.4, 0.5) is 0 Å². The van der Waals surface area contributed by atoms with Gasteiger partial charge in [-0.05, 0) is 24.6 Å².